The van der Waals surface area contributed by atoms with Crippen molar-refractivity contribution in [3.63, 3.8) is 0 Å². The van der Waals surface area contributed by atoms with Crippen LogP contribution in [0.25, 0.3) is 0 Å². The van der Waals surface area contributed by atoms with E-state index in [2.05, 4.69) is 0 Å². The summed E-state index contributed by atoms with van der Waals surface area (Å²) in [6.45, 7) is 0. The fourth-order valence-corrected chi connectivity index (χ4v) is 0.969. The van der Waals surface area contributed by atoms with Gasteiger partial charge < -0.3 is 19.3 Å². The third kappa shape index (κ3) is 1.46. The number of hydrogen-bond acceptors (Lipinski definition) is 4. The Hall–Kier alpha value is -0.160. The molecule has 4 nitrogen and oxygen atoms in total. The molecular formula is C6H12O4. The summed E-state index contributed by atoms with van der Waals surface area (Å²) in [5, 5.41) is 9.16. The lowest BCUT2D eigenvalue weighted by Crippen LogP contribution is -2.22. The van der Waals surface area contributed by atoms with Gasteiger partial charge in [-0.3, -0.25) is 0 Å². The van der Waals surface area contributed by atoms with Crippen LogP contribution in [-0.4, -0.2) is 38.0 Å². The lowest BCUT2D eigenvalue weighted by molar-refractivity contribution is -0.199. The standard InChI is InChI=1S/C6H12O4/c1-8-5-3-4(7)6(9-2)10-5/h4-7H,3H2,1-2H3/t4-,5-,6+/m1/s1. The van der Waals surface area contributed by atoms with E-state index < -0.39 is 12.4 Å². The maximum atomic E-state index is 9.16. The van der Waals surface area contributed by atoms with Crippen LogP contribution >= 0.6 is 0 Å². The summed E-state index contributed by atoms with van der Waals surface area (Å²) in [7, 11) is 3.03. The summed E-state index contributed by atoms with van der Waals surface area (Å²) >= 11 is 0. The molecule has 0 amide bonds. The topological polar surface area (TPSA) is 47.9 Å². The van der Waals surface area contributed by atoms with Gasteiger partial charge in [0.1, 0.15) is 6.10 Å². The molecule has 1 saturated heterocycles. The van der Waals surface area contributed by atoms with E-state index in [0.29, 0.717) is 6.42 Å². The number of aliphatic hydroxyl groups excluding tert-OH is 1. The van der Waals surface area contributed by atoms with E-state index >= 15 is 0 Å². The molecule has 0 saturated carbocycles. The van der Waals surface area contributed by atoms with Gasteiger partial charge in [-0.2, -0.15) is 0 Å². The molecule has 0 aromatic heterocycles. The van der Waals surface area contributed by atoms with Crippen molar-refractivity contribution in [3.8, 4) is 0 Å². The highest BCUT2D eigenvalue weighted by Crippen LogP contribution is 2.20. The largest absolute Gasteiger partial charge is 0.388 e. The van der Waals surface area contributed by atoms with Gasteiger partial charge >= 0.3 is 0 Å². The fraction of sp³-hybridized carbons (Fsp3) is 1.00. The molecule has 0 radical (unpaired) electrons. The molecular weight excluding hydrogens is 136 g/mol. The van der Waals surface area contributed by atoms with Crippen molar-refractivity contribution in [1.29, 1.82) is 0 Å². The summed E-state index contributed by atoms with van der Waals surface area (Å²) in [5.74, 6) is 0. The van der Waals surface area contributed by atoms with E-state index in [9.17, 15) is 0 Å². The Morgan fingerprint density at radius 3 is 2.40 bits per heavy atom. The average molecular weight is 148 g/mol. The molecule has 1 rings (SSSR count). The minimum atomic E-state index is -0.560. The number of hydrogen-bond donors (Lipinski definition) is 1. The van der Waals surface area contributed by atoms with Crippen LogP contribution in [0.2, 0.25) is 0 Å². The summed E-state index contributed by atoms with van der Waals surface area (Å²) in [4.78, 5) is 0. The van der Waals surface area contributed by atoms with Gasteiger partial charge in [-0.25, -0.2) is 0 Å². The molecule has 0 aromatic carbocycles. The lowest BCUT2D eigenvalue weighted by atomic mass is 10.3. The maximum absolute atomic E-state index is 9.16. The van der Waals surface area contributed by atoms with E-state index in [1.54, 1.807) is 0 Å². The van der Waals surface area contributed by atoms with Gasteiger partial charge in [-0.1, -0.05) is 0 Å². The number of methoxy groups -OCH3 is 2. The second-order valence-corrected chi connectivity index (χ2v) is 2.21. The van der Waals surface area contributed by atoms with Crippen LogP contribution in [-0.2, 0) is 14.2 Å². The highest BCUT2D eigenvalue weighted by atomic mass is 16.8. The van der Waals surface area contributed by atoms with E-state index in [4.69, 9.17) is 19.3 Å². The molecule has 0 spiro atoms. The second-order valence-electron chi connectivity index (χ2n) is 2.21. The monoisotopic (exact) mass is 148 g/mol. The third-order valence-corrected chi connectivity index (χ3v) is 1.53. The van der Waals surface area contributed by atoms with Crippen molar-refractivity contribution >= 4 is 0 Å². The zero-order valence-electron chi connectivity index (χ0n) is 6.11. The Morgan fingerprint density at radius 1 is 1.40 bits per heavy atom. The molecule has 0 aromatic rings. The van der Waals surface area contributed by atoms with Gasteiger partial charge in [0.25, 0.3) is 0 Å². The van der Waals surface area contributed by atoms with E-state index in [1.165, 1.54) is 14.2 Å². The molecule has 1 N–H and O–H groups in total. The number of aliphatic hydroxyl groups is 1. The average Bonchev–Trinajstić information content (AvgIpc) is 2.30. The van der Waals surface area contributed by atoms with Crippen LogP contribution in [0.4, 0.5) is 0 Å². The minimum Gasteiger partial charge on any atom is -0.388 e. The van der Waals surface area contributed by atoms with Gasteiger partial charge in [0.15, 0.2) is 12.6 Å². The van der Waals surface area contributed by atoms with Gasteiger partial charge in [0.05, 0.1) is 0 Å². The Bertz CT molecular complexity index is 106. The van der Waals surface area contributed by atoms with Crippen molar-refractivity contribution in [3.05, 3.63) is 0 Å². The summed E-state index contributed by atoms with van der Waals surface area (Å²) in [6, 6.07) is 0. The van der Waals surface area contributed by atoms with Crippen molar-refractivity contribution in [2.75, 3.05) is 14.2 Å². The first-order valence-corrected chi connectivity index (χ1v) is 3.17. The van der Waals surface area contributed by atoms with Gasteiger partial charge in [0, 0.05) is 20.6 Å². The predicted molar refractivity (Wildman–Crippen MR) is 33.3 cm³/mol. The van der Waals surface area contributed by atoms with Crippen LogP contribution in [0.5, 0.6) is 0 Å². The predicted octanol–water partition coefficient (Wildman–Crippen LogP) is -0.287. The van der Waals surface area contributed by atoms with Gasteiger partial charge in [-0.15, -0.1) is 0 Å². The van der Waals surface area contributed by atoms with Crippen LogP contribution in [0, 0.1) is 0 Å². The molecule has 4 heteroatoms. The number of ether oxygens (including phenoxy) is 3. The summed E-state index contributed by atoms with van der Waals surface area (Å²) in [5.41, 5.74) is 0. The normalized spacial score (nSPS) is 40.5. The first-order valence-electron chi connectivity index (χ1n) is 3.17. The highest BCUT2D eigenvalue weighted by molar-refractivity contribution is 4.70. The maximum Gasteiger partial charge on any atom is 0.186 e. The lowest BCUT2D eigenvalue weighted by Gasteiger charge is -2.10. The SMILES string of the molecule is CO[C@H]1C[C@@H](O)[C@@H](OC)O1. The van der Waals surface area contributed by atoms with E-state index in [1.807, 2.05) is 0 Å². The first kappa shape index (κ1) is 7.94. The number of rotatable bonds is 2. The van der Waals surface area contributed by atoms with Crippen molar-refractivity contribution in [2.45, 2.75) is 25.1 Å². The quantitative estimate of drug-likeness (QED) is 0.584. The molecule has 0 unspecified atom stereocenters. The van der Waals surface area contributed by atoms with Crippen LogP contribution < -0.4 is 0 Å². The van der Waals surface area contributed by atoms with Crippen LogP contribution in [0.3, 0.4) is 0 Å². The molecule has 1 aliphatic heterocycles. The second kappa shape index (κ2) is 3.30. The molecule has 60 valence electrons. The zero-order valence-corrected chi connectivity index (χ0v) is 6.11. The van der Waals surface area contributed by atoms with Crippen molar-refractivity contribution < 1.29 is 19.3 Å². The Balaban J connectivity index is 2.36. The first-order chi connectivity index (χ1) is 4.77. The smallest absolute Gasteiger partial charge is 0.186 e. The fourth-order valence-electron chi connectivity index (χ4n) is 0.969. The molecule has 0 aliphatic carbocycles. The van der Waals surface area contributed by atoms with E-state index in [-0.39, 0.29) is 6.29 Å². The molecule has 0 bridgehead atoms. The van der Waals surface area contributed by atoms with Gasteiger partial charge in [-0.05, 0) is 0 Å². The Kier molecular flexibility index (Phi) is 2.62. The summed E-state index contributed by atoms with van der Waals surface area (Å²) < 4.78 is 14.7. The highest BCUT2D eigenvalue weighted by Gasteiger charge is 2.33. The van der Waals surface area contributed by atoms with Gasteiger partial charge in [0.2, 0.25) is 0 Å². The van der Waals surface area contributed by atoms with Crippen LogP contribution in [0.1, 0.15) is 6.42 Å². The molecule has 10 heavy (non-hydrogen) atoms. The molecule has 1 aliphatic rings. The summed E-state index contributed by atoms with van der Waals surface area (Å²) in [6.07, 6.45) is -0.922. The zero-order chi connectivity index (χ0) is 7.56. The molecule has 3 atom stereocenters. The van der Waals surface area contributed by atoms with Crippen LogP contribution in [0.15, 0.2) is 0 Å². The minimum absolute atomic E-state index is 0.319. The van der Waals surface area contributed by atoms with Crippen molar-refractivity contribution in [1.82, 2.24) is 0 Å². The Labute approximate surface area is 59.7 Å². The molecule has 1 fully saturated rings. The van der Waals surface area contributed by atoms with Crippen molar-refractivity contribution in [2.24, 2.45) is 0 Å². The third-order valence-electron chi connectivity index (χ3n) is 1.53. The molecule has 1 heterocycles. The Morgan fingerprint density at radius 2 is 2.10 bits per heavy atom. The van der Waals surface area contributed by atoms with E-state index in [0.717, 1.165) is 0 Å².